The summed E-state index contributed by atoms with van der Waals surface area (Å²) in [7, 11) is 0. The predicted molar refractivity (Wildman–Crippen MR) is 47.7 cm³/mol. The Hall–Kier alpha value is -1.82. The molecular formula is C10H6F3NO2. The van der Waals surface area contributed by atoms with E-state index in [-0.39, 0.29) is 11.5 Å². The normalized spacial score (nSPS) is 10.8. The molecule has 1 aromatic heterocycles. The fourth-order valence-corrected chi connectivity index (χ4v) is 1.27. The van der Waals surface area contributed by atoms with E-state index in [4.69, 9.17) is 5.11 Å². The van der Waals surface area contributed by atoms with Gasteiger partial charge >= 0.3 is 0 Å². The van der Waals surface area contributed by atoms with Gasteiger partial charge in [0, 0.05) is 6.07 Å². The monoisotopic (exact) mass is 229 g/mol. The zero-order valence-electron chi connectivity index (χ0n) is 7.88. The Bertz CT molecular complexity index is 525. The van der Waals surface area contributed by atoms with Crippen molar-refractivity contribution in [3.05, 3.63) is 41.4 Å². The highest BCUT2D eigenvalue weighted by Gasteiger charge is 2.18. The lowest BCUT2D eigenvalue weighted by molar-refractivity contribution is 0.229. The average molecular weight is 229 g/mol. The summed E-state index contributed by atoms with van der Waals surface area (Å²) in [5.41, 5.74) is -0.804. The molecule has 84 valence electrons. The van der Waals surface area contributed by atoms with E-state index in [2.05, 4.69) is 9.68 Å². The molecule has 3 nitrogen and oxygen atoms in total. The zero-order valence-corrected chi connectivity index (χ0v) is 7.88. The van der Waals surface area contributed by atoms with E-state index in [9.17, 15) is 13.2 Å². The molecule has 0 saturated carbocycles. The minimum absolute atomic E-state index is 0.0399. The van der Waals surface area contributed by atoms with Crippen LogP contribution >= 0.6 is 0 Å². The van der Waals surface area contributed by atoms with Crippen LogP contribution in [0.1, 0.15) is 5.76 Å². The maximum atomic E-state index is 13.3. The van der Waals surface area contributed by atoms with Crippen LogP contribution in [0.2, 0.25) is 0 Å². The minimum atomic E-state index is -1.34. The van der Waals surface area contributed by atoms with Gasteiger partial charge in [-0.25, -0.2) is 13.2 Å². The Morgan fingerprint density at radius 1 is 1.19 bits per heavy atom. The fourth-order valence-electron chi connectivity index (χ4n) is 1.27. The topological polar surface area (TPSA) is 46.3 Å². The van der Waals surface area contributed by atoms with Gasteiger partial charge in [0.15, 0.2) is 17.4 Å². The van der Waals surface area contributed by atoms with Crippen molar-refractivity contribution in [1.29, 1.82) is 0 Å². The number of hydrogen-bond donors (Lipinski definition) is 1. The van der Waals surface area contributed by atoms with Gasteiger partial charge in [0.2, 0.25) is 0 Å². The molecule has 0 saturated heterocycles. The fraction of sp³-hybridized carbons (Fsp3) is 0.100. The number of aliphatic hydroxyl groups is 1. The van der Waals surface area contributed by atoms with Crippen molar-refractivity contribution < 1.29 is 22.8 Å². The second-order valence-electron chi connectivity index (χ2n) is 3.05. The van der Waals surface area contributed by atoms with E-state index in [1.54, 1.807) is 0 Å². The first-order chi connectivity index (χ1) is 7.63. The van der Waals surface area contributed by atoms with Crippen molar-refractivity contribution >= 4 is 0 Å². The van der Waals surface area contributed by atoms with Gasteiger partial charge in [-0.05, 0) is 12.1 Å². The van der Waals surface area contributed by atoms with Crippen molar-refractivity contribution in [2.45, 2.75) is 6.61 Å². The molecule has 0 radical (unpaired) electrons. The van der Waals surface area contributed by atoms with Crippen LogP contribution < -0.4 is 0 Å². The Labute approximate surface area is 88.1 Å². The molecule has 0 aliphatic rings. The van der Waals surface area contributed by atoms with Crippen LogP contribution in [0.4, 0.5) is 13.2 Å². The number of aromatic nitrogens is 1. The third-order valence-corrected chi connectivity index (χ3v) is 2.01. The van der Waals surface area contributed by atoms with Crippen molar-refractivity contribution in [3.8, 4) is 11.3 Å². The largest absolute Gasteiger partial charge is 0.388 e. The molecule has 1 heterocycles. The molecule has 0 spiro atoms. The second-order valence-corrected chi connectivity index (χ2v) is 3.05. The van der Waals surface area contributed by atoms with Gasteiger partial charge in [-0.1, -0.05) is 5.16 Å². The molecule has 0 aliphatic carbocycles. The van der Waals surface area contributed by atoms with Gasteiger partial charge in [-0.3, -0.25) is 0 Å². The molecule has 0 amide bonds. The Balaban J connectivity index is 2.58. The van der Waals surface area contributed by atoms with Crippen molar-refractivity contribution in [1.82, 2.24) is 5.16 Å². The summed E-state index contributed by atoms with van der Waals surface area (Å²) in [6.07, 6.45) is 0. The van der Waals surface area contributed by atoms with Gasteiger partial charge in [-0.2, -0.15) is 0 Å². The Morgan fingerprint density at radius 2 is 1.88 bits per heavy atom. The molecule has 0 unspecified atom stereocenters. The number of benzene rings is 1. The third kappa shape index (κ3) is 1.67. The second kappa shape index (κ2) is 3.97. The number of rotatable bonds is 2. The highest BCUT2D eigenvalue weighted by molar-refractivity contribution is 5.60. The summed E-state index contributed by atoms with van der Waals surface area (Å²) in [5.74, 6) is -3.42. The van der Waals surface area contributed by atoms with Crippen LogP contribution in [-0.4, -0.2) is 10.3 Å². The van der Waals surface area contributed by atoms with Gasteiger partial charge in [0.05, 0.1) is 5.56 Å². The third-order valence-electron chi connectivity index (χ3n) is 2.01. The molecule has 0 atom stereocenters. The lowest BCUT2D eigenvalue weighted by Gasteiger charge is -2.00. The summed E-state index contributed by atoms with van der Waals surface area (Å²) >= 11 is 0. The van der Waals surface area contributed by atoms with E-state index in [1.165, 1.54) is 0 Å². The maximum absolute atomic E-state index is 13.3. The lowest BCUT2D eigenvalue weighted by atomic mass is 10.1. The van der Waals surface area contributed by atoms with E-state index < -0.39 is 29.6 Å². The Kier molecular flexibility index (Phi) is 2.66. The molecule has 16 heavy (non-hydrogen) atoms. The van der Waals surface area contributed by atoms with Crippen LogP contribution in [0.15, 0.2) is 22.7 Å². The summed E-state index contributed by atoms with van der Waals surface area (Å²) in [5, 5.41) is 12.0. The molecule has 2 rings (SSSR count). The van der Waals surface area contributed by atoms with Crippen LogP contribution in [0.3, 0.4) is 0 Å². The highest BCUT2D eigenvalue weighted by Crippen LogP contribution is 2.27. The first-order valence-electron chi connectivity index (χ1n) is 4.34. The molecule has 1 N–H and O–H groups in total. The van der Waals surface area contributed by atoms with Crippen molar-refractivity contribution in [2.24, 2.45) is 0 Å². The average Bonchev–Trinajstić information content (AvgIpc) is 2.73. The first kappa shape index (κ1) is 10.7. The summed E-state index contributed by atoms with van der Waals surface area (Å²) < 4.78 is 44.0. The first-order valence-corrected chi connectivity index (χ1v) is 4.34. The van der Waals surface area contributed by atoms with E-state index in [0.717, 1.165) is 12.1 Å². The smallest absolute Gasteiger partial charge is 0.171 e. The number of hydrogen-bond acceptors (Lipinski definition) is 3. The Morgan fingerprint density at radius 3 is 2.50 bits per heavy atom. The highest BCUT2D eigenvalue weighted by atomic mass is 19.2. The molecule has 6 heteroatoms. The zero-order chi connectivity index (χ0) is 11.7. The SMILES string of the molecule is OCc1cc(-c2c(F)ccc(F)c2F)no1. The predicted octanol–water partition coefficient (Wildman–Crippen LogP) is 2.25. The minimum Gasteiger partial charge on any atom is -0.388 e. The molecule has 0 aliphatic heterocycles. The molecule has 1 aromatic carbocycles. The summed E-state index contributed by atoms with van der Waals surface area (Å²) in [6, 6.07) is 2.61. The lowest BCUT2D eigenvalue weighted by Crippen LogP contribution is -1.94. The van der Waals surface area contributed by atoms with Gasteiger partial charge in [0.25, 0.3) is 0 Å². The van der Waals surface area contributed by atoms with E-state index >= 15 is 0 Å². The van der Waals surface area contributed by atoms with E-state index in [0.29, 0.717) is 6.07 Å². The molecule has 2 aromatic rings. The van der Waals surface area contributed by atoms with Crippen LogP contribution in [0, 0.1) is 17.5 Å². The molecule has 0 bridgehead atoms. The van der Waals surface area contributed by atoms with Gasteiger partial charge in [-0.15, -0.1) is 0 Å². The van der Waals surface area contributed by atoms with E-state index in [1.807, 2.05) is 0 Å². The van der Waals surface area contributed by atoms with Crippen molar-refractivity contribution in [3.63, 3.8) is 0 Å². The summed E-state index contributed by atoms with van der Waals surface area (Å²) in [6.45, 7) is -0.453. The maximum Gasteiger partial charge on any atom is 0.171 e. The molecular weight excluding hydrogens is 223 g/mol. The number of aliphatic hydroxyl groups excluding tert-OH is 1. The standard InChI is InChI=1S/C10H6F3NO2/c11-6-1-2-7(12)10(13)9(6)8-3-5(4-15)16-14-8/h1-3,15H,4H2. The summed E-state index contributed by atoms with van der Waals surface area (Å²) in [4.78, 5) is 0. The number of nitrogens with zero attached hydrogens (tertiary/aromatic N) is 1. The number of halogens is 3. The van der Waals surface area contributed by atoms with Crippen LogP contribution in [0.25, 0.3) is 11.3 Å². The van der Waals surface area contributed by atoms with Crippen LogP contribution in [0.5, 0.6) is 0 Å². The quantitative estimate of drug-likeness (QED) is 0.803. The van der Waals surface area contributed by atoms with Crippen LogP contribution in [-0.2, 0) is 6.61 Å². The van der Waals surface area contributed by atoms with Gasteiger partial charge in [0.1, 0.15) is 18.1 Å². The van der Waals surface area contributed by atoms with Crippen molar-refractivity contribution in [2.75, 3.05) is 0 Å². The van der Waals surface area contributed by atoms with Gasteiger partial charge < -0.3 is 9.63 Å². The molecule has 0 fully saturated rings.